The van der Waals surface area contributed by atoms with Crippen LogP contribution in [0.25, 0.3) is 0 Å². The maximum atomic E-state index is 13.9. The Morgan fingerprint density at radius 2 is 1.82 bits per heavy atom. The predicted octanol–water partition coefficient (Wildman–Crippen LogP) is 3.47. The molecular formula is C26H34FN3O3. The molecule has 0 spiro atoms. The molecule has 1 fully saturated rings. The Labute approximate surface area is 195 Å². The molecule has 7 heteroatoms. The SMILES string of the molecule is Cc1ccccc1C(=O)NC(CC(C)C)C(=O)NCC(c1cccc(F)c1)N1CCOCC1. The van der Waals surface area contributed by atoms with E-state index in [1.54, 1.807) is 12.1 Å². The zero-order chi connectivity index (χ0) is 23.8. The van der Waals surface area contributed by atoms with Crippen molar-refractivity contribution >= 4 is 11.8 Å². The van der Waals surface area contributed by atoms with Crippen molar-refractivity contribution in [3.63, 3.8) is 0 Å². The van der Waals surface area contributed by atoms with Gasteiger partial charge in [-0.1, -0.05) is 44.2 Å². The first kappa shape index (κ1) is 24.9. The second-order valence-corrected chi connectivity index (χ2v) is 8.93. The highest BCUT2D eigenvalue weighted by molar-refractivity contribution is 5.98. The number of amides is 2. The molecule has 2 N–H and O–H groups in total. The topological polar surface area (TPSA) is 70.7 Å². The molecule has 6 nitrogen and oxygen atoms in total. The van der Waals surface area contributed by atoms with Crippen LogP contribution in [0, 0.1) is 18.7 Å². The second-order valence-electron chi connectivity index (χ2n) is 8.93. The average Bonchev–Trinajstić information content (AvgIpc) is 2.79. The lowest BCUT2D eigenvalue weighted by Crippen LogP contribution is -2.50. The predicted molar refractivity (Wildman–Crippen MR) is 126 cm³/mol. The molecule has 0 saturated carbocycles. The van der Waals surface area contributed by atoms with Crippen LogP contribution in [0.3, 0.4) is 0 Å². The number of hydrogen-bond acceptors (Lipinski definition) is 4. The highest BCUT2D eigenvalue weighted by Crippen LogP contribution is 2.22. The van der Waals surface area contributed by atoms with Crippen molar-refractivity contribution in [3.05, 3.63) is 71.0 Å². The minimum atomic E-state index is -0.657. The minimum absolute atomic E-state index is 0.180. The van der Waals surface area contributed by atoms with E-state index >= 15 is 0 Å². The van der Waals surface area contributed by atoms with E-state index in [0.717, 1.165) is 11.1 Å². The van der Waals surface area contributed by atoms with Gasteiger partial charge in [0.25, 0.3) is 5.91 Å². The number of nitrogens with zero attached hydrogens (tertiary/aromatic N) is 1. The Kier molecular flexibility index (Phi) is 8.97. The number of ether oxygens (including phenoxy) is 1. The molecule has 33 heavy (non-hydrogen) atoms. The summed E-state index contributed by atoms with van der Waals surface area (Å²) in [6.07, 6.45) is 0.519. The van der Waals surface area contributed by atoms with Gasteiger partial charge in [0.2, 0.25) is 5.91 Å². The lowest BCUT2D eigenvalue weighted by Gasteiger charge is -2.35. The number of carbonyl (C=O) groups is 2. The lowest BCUT2D eigenvalue weighted by atomic mass is 10.0. The largest absolute Gasteiger partial charge is 0.379 e. The van der Waals surface area contributed by atoms with Crippen molar-refractivity contribution in [1.29, 1.82) is 0 Å². The van der Waals surface area contributed by atoms with Gasteiger partial charge in [0.1, 0.15) is 11.9 Å². The van der Waals surface area contributed by atoms with Gasteiger partial charge in [-0.15, -0.1) is 0 Å². The Balaban J connectivity index is 1.72. The molecule has 1 saturated heterocycles. The summed E-state index contributed by atoms with van der Waals surface area (Å²) in [6, 6.07) is 13.0. The van der Waals surface area contributed by atoms with E-state index in [2.05, 4.69) is 15.5 Å². The van der Waals surface area contributed by atoms with E-state index in [0.29, 0.717) is 44.8 Å². The zero-order valence-electron chi connectivity index (χ0n) is 19.6. The number of halogens is 1. The molecule has 2 aromatic rings. The summed E-state index contributed by atoms with van der Waals surface area (Å²) in [7, 11) is 0. The third-order valence-electron chi connectivity index (χ3n) is 5.91. The van der Waals surface area contributed by atoms with E-state index < -0.39 is 6.04 Å². The molecule has 2 amide bonds. The highest BCUT2D eigenvalue weighted by Gasteiger charge is 2.27. The number of benzene rings is 2. The van der Waals surface area contributed by atoms with Crippen LogP contribution in [0.15, 0.2) is 48.5 Å². The molecule has 1 aliphatic rings. The van der Waals surface area contributed by atoms with Crippen molar-refractivity contribution in [3.8, 4) is 0 Å². The molecule has 3 rings (SSSR count). The quantitative estimate of drug-likeness (QED) is 0.608. The Hall–Kier alpha value is -2.77. The molecule has 0 radical (unpaired) electrons. The van der Waals surface area contributed by atoms with Crippen molar-refractivity contribution in [1.82, 2.24) is 15.5 Å². The van der Waals surface area contributed by atoms with Gasteiger partial charge < -0.3 is 15.4 Å². The fourth-order valence-corrected chi connectivity index (χ4v) is 4.15. The molecule has 2 atom stereocenters. The van der Waals surface area contributed by atoms with Crippen molar-refractivity contribution in [2.75, 3.05) is 32.8 Å². The normalized spacial score (nSPS) is 16.3. The molecule has 178 valence electrons. The van der Waals surface area contributed by atoms with Crippen LogP contribution < -0.4 is 10.6 Å². The first-order chi connectivity index (χ1) is 15.8. The van der Waals surface area contributed by atoms with Gasteiger partial charge in [-0.25, -0.2) is 4.39 Å². The van der Waals surface area contributed by atoms with Crippen molar-refractivity contribution in [2.45, 2.75) is 39.3 Å². The van der Waals surface area contributed by atoms with Crippen LogP contribution >= 0.6 is 0 Å². The van der Waals surface area contributed by atoms with Crippen LogP contribution in [-0.2, 0) is 9.53 Å². The van der Waals surface area contributed by atoms with Gasteiger partial charge in [-0.05, 0) is 48.6 Å². The first-order valence-electron chi connectivity index (χ1n) is 11.6. The van der Waals surface area contributed by atoms with E-state index in [1.165, 1.54) is 12.1 Å². The summed E-state index contributed by atoms with van der Waals surface area (Å²) >= 11 is 0. The molecule has 2 unspecified atom stereocenters. The van der Waals surface area contributed by atoms with Crippen molar-refractivity contribution < 1.29 is 18.7 Å². The molecule has 1 aliphatic heterocycles. The molecule has 0 bridgehead atoms. The lowest BCUT2D eigenvalue weighted by molar-refractivity contribution is -0.123. The smallest absolute Gasteiger partial charge is 0.252 e. The zero-order valence-corrected chi connectivity index (χ0v) is 19.6. The Morgan fingerprint density at radius 1 is 1.09 bits per heavy atom. The van der Waals surface area contributed by atoms with Gasteiger partial charge in [0.05, 0.1) is 19.3 Å². The van der Waals surface area contributed by atoms with Crippen LogP contribution in [0.4, 0.5) is 4.39 Å². The average molecular weight is 456 g/mol. The van der Waals surface area contributed by atoms with E-state index in [4.69, 9.17) is 4.74 Å². The minimum Gasteiger partial charge on any atom is -0.379 e. The van der Waals surface area contributed by atoms with Crippen LogP contribution in [0.1, 0.15) is 47.8 Å². The van der Waals surface area contributed by atoms with Crippen LogP contribution in [0.5, 0.6) is 0 Å². The summed E-state index contributed by atoms with van der Waals surface area (Å²) in [4.78, 5) is 28.2. The number of nitrogens with one attached hydrogen (secondary N) is 2. The number of rotatable bonds is 9. The summed E-state index contributed by atoms with van der Waals surface area (Å²) in [6.45, 7) is 8.83. The number of morpholine rings is 1. The number of aryl methyl sites for hydroxylation is 1. The Morgan fingerprint density at radius 3 is 2.48 bits per heavy atom. The summed E-state index contributed by atoms with van der Waals surface area (Å²) < 4.78 is 19.4. The maximum Gasteiger partial charge on any atom is 0.252 e. The maximum absolute atomic E-state index is 13.9. The first-order valence-corrected chi connectivity index (χ1v) is 11.6. The summed E-state index contributed by atoms with van der Waals surface area (Å²) in [5.74, 6) is -0.583. The van der Waals surface area contributed by atoms with Gasteiger partial charge in [-0.3, -0.25) is 14.5 Å². The van der Waals surface area contributed by atoms with Crippen molar-refractivity contribution in [2.24, 2.45) is 5.92 Å². The number of carbonyl (C=O) groups excluding carboxylic acids is 2. The van der Waals surface area contributed by atoms with Gasteiger partial charge in [0, 0.05) is 25.2 Å². The van der Waals surface area contributed by atoms with Crippen LogP contribution in [-0.4, -0.2) is 55.6 Å². The molecule has 0 aliphatic carbocycles. The summed E-state index contributed by atoms with van der Waals surface area (Å²) in [5.41, 5.74) is 2.23. The van der Waals surface area contributed by atoms with Gasteiger partial charge >= 0.3 is 0 Å². The van der Waals surface area contributed by atoms with Crippen LogP contribution in [0.2, 0.25) is 0 Å². The standard InChI is InChI=1S/C26H34FN3O3/c1-18(2)15-23(29-25(31)22-10-5-4-7-19(22)3)26(32)28-17-24(30-11-13-33-14-12-30)20-8-6-9-21(27)16-20/h4-10,16,18,23-24H,11-15,17H2,1-3H3,(H,28,32)(H,29,31). The fraction of sp³-hybridized carbons (Fsp3) is 0.462. The van der Waals surface area contributed by atoms with E-state index in [1.807, 2.05) is 45.0 Å². The summed E-state index contributed by atoms with van der Waals surface area (Å²) in [5, 5.41) is 5.93. The molecular weight excluding hydrogens is 421 g/mol. The molecule has 0 aromatic heterocycles. The monoisotopic (exact) mass is 455 g/mol. The third kappa shape index (κ3) is 7.11. The second kappa shape index (κ2) is 11.9. The Bertz CT molecular complexity index is 944. The van der Waals surface area contributed by atoms with Gasteiger partial charge in [-0.2, -0.15) is 0 Å². The highest BCUT2D eigenvalue weighted by atomic mass is 19.1. The fourth-order valence-electron chi connectivity index (χ4n) is 4.15. The number of hydrogen-bond donors (Lipinski definition) is 2. The van der Waals surface area contributed by atoms with E-state index in [9.17, 15) is 14.0 Å². The van der Waals surface area contributed by atoms with E-state index in [-0.39, 0.29) is 29.6 Å². The third-order valence-corrected chi connectivity index (χ3v) is 5.91. The molecule has 1 heterocycles. The van der Waals surface area contributed by atoms with Gasteiger partial charge in [0.15, 0.2) is 0 Å². The molecule has 2 aromatic carbocycles.